The number of hydrogen-bond acceptors (Lipinski definition) is 4. The van der Waals surface area contributed by atoms with E-state index in [-0.39, 0.29) is 21.8 Å². The van der Waals surface area contributed by atoms with Gasteiger partial charge in [0, 0.05) is 0 Å². The molecule has 1 aliphatic rings. The molecule has 0 spiro atoms. The van der Waals surface area contributed by atoms with Gasteiger partial charge in [0.25, 0.3) is 5.91 Å². The molecule has 5 nitrogen and oxygen atoms in total. The second kappa shape index (κ2) is 4.30. The maximum absolute atomic E-state index is 11.8. The number of carbonyl (C=O) groups is 1. The van der Waals surface area contributed by atoms with Crippen LogP contribution in [-0.2, 0) is 4.84 Å². The summed E-state index contributed by atoms with van der Waals surface area (Å²) in [5.74, 6) is -0.339. The highest BCUT2D eigenvalue weighted by molar-refractivity contribution is 6.34. The molecule has 1 aromatic rings. The molecule has 0 saturated carbocycles. The van der Waals surface area contributed by atoms with Gasteiger partial charge < -0.3 is 0 Å². The van der Waals surface area contributed by atoms with Crippen molar-refractivity contribution in [2.45, 2.75) is 6.42 Å². The summed E-state index contributed by atoms with van der Waals surface area (Å²) in [5.41, 5.74) is 0.207. The molecular weight excluding hydrogens is 241 g/mol. The fourth-order valence-corrected chi connectivity index (χ4v) is 1.57. The highest BCUT2D eigenvalue weighted by atomic mass is 35.5. The first kappa shape index (κ1) is 10.6. The van der Waals surface area contributed by atoms with Crippen LogP contribution in [0.25, 0.3) is 0 Å². The highest BCUT2D eigenvalue weighted by Gasteiger charge is 2.23. The van der Waals surface area contributed by atoms with Crippen molar-refractivity contribution in [1.82, 2.24) is 15.3 Å². The molecule has 80 valence electrons. The van der Waals surface area contributed by atoms with E-state index in [0.29, 0.717) is 13.2 Å². The van der Waals surface area contributed by atoms with Crippen molar-refractivity contribution in [3.8, 4) is 0 Å². The van der Waals surface area contributed by atoms with Gasteiger partial charge in [0.05, 0.1) is 18.7 Å². The van der Waals surface area contributed by atoms with Crippen molar-refractivity contribution >= 4 is 29.1 Å². The second-order valence-electron chi connectivity index (χ2n) is 2.97. The number of carbonyl (C=O) groups excluding carboxylic acids is 1. The lowest BCUT2D eigenvalue weighted by molar-refractivity contribution is -0.0768. The van der Waals surface area contributed by atoms with Gasteiger partial charge in [-0.3, -0.25) is 9.63 Å². The molecule has 0 N–H and O–H groups in total. The maximum Gasteiger partial charge on any atom is 0.280 e. The minimum Gasteiger partial charge on any atom is -0.271 e. The van der Waals surface area contributed by atoms with E-state index < -0.39 is 0 Å². The summed E-state index contributed by atoms with van der Waals surface area (Å²) in [4.78, 5) is 16.9. The minimum absolute atomic E-state index is 0.0277. The van der Waals surface area contributed by atoms with Gasteiger partial charge in [0.15, 0.2) is 10.3 Å². The van der Waals surface area contributed by atoms with Crippen LogP contribution in [0.15, 0.2) is 6.07 Å². The van der Waals surface area contributed by atoms with Crippen molar-refractivity contribution in [2.24, 2.45) is 0 Å². The van der Waals surface area contributed by atoms with Crippen molar-refractivity contribution in [3.05, 3.63) is 21.9 Å². The molecule has 0 radical (unpaired) electrons. The van der Waals surface area contributed by atoms with Gasteiger partial charge >= 0.3 is 0 Å². The van der Waals surface area contributed by atoms with E-state index in [2.05, 4.69) is 10.2 Å². The third-order valence-corrected chi connectivity index (χ3v) is 2.39. The number of nitrogens with zero attached hydrogens (tertiary/aromatic N) is 3. The molecule has 1 saturated heterocycles. The minimum atomic E-state index is -0.339. The summed E-state index contributed by atoms with van der Waals surface area (Å²) >= 11 is 11.4. The predicted molar refractivity (Wildman–Crippen MR) is 53.7 cm³/mol. The molecule has 1 amide bonds. The van der Waals surface area contributed by atoms with Gasteiger partial charge in [0.2, 0.25) is 0 Å². The Hall–Kier alpha value is -0.910. The van der Waals surface area contributed by atoms with Gasteiger partial charge in [0.1, 0.15) is 0 Å². The van der Waals surface area contributed by atoms with Gasteiger partial charge in [-0.2, -0.15) is 0 Å². The van der Waals surface area contributed by atoms with E-state index >= 15 is 0 Å². The third kappa shape index (κ3) is 2.19. The Morgan fingerprint density at radius 3 is 2.93 bits per heavy atom. The molecule has 0 unspecified atom stereocenters. The molecular formula is C8H7Cl2N3O2. The quantitative estimate of drug-likeness (QED) is 0.756. The molecule has 0 aromatic carbocycles. The number of hydrogen-bond donors (Lipinski definition) is 0. The first-order valence-corrected chi connectivity index (χ1v) is 5.07. The first-order chi connectivity index (χ1) is 7.18. The van der Waals surface area contributed by atoms with Gasteiger partial charge in [-0.15, -0.1) is 10.2 Å². The highest BCUT2D eigenvalue weighted by Crippen LogP contribution is 2.19. The third-order valence-electron chi connectivity index (χ3n) is 1.93. The smallest absolute Gasteiger partial charge is 0.271 e. The molecule has 7 heteroatoms. The van der Waals surface area contributed by atoms with Crippen LogP contribution in [0.4, 0.5) is 0 Å². The Bertz CT molecular complexity index is 393. The summed E-state index contributed by atoms with van der Waals surface area (Å²) in [6.07, 6.45) is 0.815. The normalized spacial score (nSPS) is 15.7. The maximum atomic E-state index is 11.8. The molecule has 0 bridgehead atoms. The van der Waals surface area contributed by atoms with Crippen LogP contribution in [-0.4, -0.2) is 34.3 Å². The van der Waals surface area contributed by atoms with Crippen molar-refractivity contribution in [1.29, 1.82) is 0 Å². The zero-order chi connectivity index (χ0) is 10.8. The lowest BCUT2D eigenvalue weighted by atomic mass is 10.3. The predicted octanol–water partition coefficient (Wildman–Crippen LogP) is 1.56. The van der Waals surface area contributed by atoms with E-state index in [1.807, 2.05) is 0 Å². The number of amides is 1. The van der Waals surface area contributed by atoms with Crippen molar-refractivity contribution < 1.29 is 9.63 Å². The van der Waals surface area contributed by atoms with E-state index in [1.165, 1.54) is 11.1 Å². The van der Waals surface area contributed by atoms with E-state index in [1.54, 1.807) is 0 Å². The zero-order valence-corrected chi connectivity index (χ0v) is 9.12. The van der Waals surface area contributed by atoms with Crippen LogP contribution < -0.4 is 0 Å². The second-order valence-corrected chi connectivity index (χ2v) is 3.71. The molecule has 15 heavy (non-hydrogen) atoms. The molecule has 2 heterocycles. The Morgan fingerprint density at radius 2 is 2.27 bits per heavy atom. The van der Waals surface area contributed by atoms with E-state index in [4.69, 9.17) is 28.0 Å². The monoisotopic (exact) mass is 247 g/mol. The first-order valence-electron chi connectivity index (χ1n) is 4.32. The van der Waals surface area contributed by atoms with Gasteiger partial charge in [-0.25, -0.2) is 5.06 Å². The van der Waals surface area contributed by atoms with Crippen LogP contribution in [0.3, 0.4) is 0 Å². The van der Waals surface area contributed by atoms with Crippen LogP contribution in [0.5, 0.6) is 0 Å². The Kier molecular flexibility index (Phi) is 3.04. The van der Waals surface area contributed by atoms with E-state index in [9.17, 15) is 4.79 Å². The van der Waals surface area contributed by atoms with Gasteiger partial charge in [-0.1, -0.05) is 23.2 Å². The van der Waals surface area contributed by atoms with Crippen LogP contribution in [0, 0.1) is 0 Å². The summed E-state index contributed by atoms with van der Waals surface area (Å²) in [7, 11) is 0. The van der Waals surface area contributed by atoms with Crippen LogP contribution in [0.1, 0.15) is 16.8 Å². The van der Waals surface area contributed by atoms with Crippen LogP contribution in [0.2, 0.25) is 10.3 Å². The lowest BCUT2D eigenvalue weighted by Gasteiger charge is -2.13. The van der Waals surface area contributed by atoms with Gasteiger partial charge in [-0.05, 0) is 12.5 Å². The molecule has 1 aliphatic heterocycles. The molecule has 0 atom stereocenters. The average Bonchev–Trinajstić information content (AvgIpc) is 2.74. The number of rotatable bonds is 1. The largest absolute Gasteiger partial charge is 0.280 e. The summed E-state index contributed by atoms with van der Waals surface area (Å²) in [5, 5.41) is 8.48. The average molecular weight is 248 g/mol. The molecule has 1 aromatic heterocycles. The standard InChI is InChI=1S/C8H7Cl2N3O2/c9-6-4-5(7(10)12-11-6)8(14)13-2-1-3-15-13/h4H,1-3H2. The van der Waals surface area contributed by atoms with Crippen LogP contribution >= 0.6 is 23.2 Å². The summed E-state index contributed by atoms with van der Waals surface area (Å²) in [6, 6.07) is 1.38. The molecule has 0 aliphatic carbocycles. The Labute approximate surface area is 95.9 Å². The molecule has 1 fully saturated rings. The Morgan fingerprint density at radius 1 is 1.47 bits per heavy atom. The molecule has 2 rings (SSSR count). The summed E-state index contributed by atoms with van der Waals surface area (Å²) in [6.45, 7) is 1.09. The van der Waals surface area contributed by atoms with E-state index in [0.717, 1.165) is 6.42 Å². The number of hydroxylamine groups is 2. The Balaban J connectivity index is 2.27. The SMILES string of the molecule is O=C(c1cc(Cl)nnc1Cl)N1CCCO1. The topological polar surface area (TPSA) is 55.3 Å². The zero-order valence-electron chi connectivity index (χ0n) is 7.61. The number of aromatic nitrogens is 2. The summed E-state index contributed by atoms with van der Waals surface area (Å²) < 4.78 is 0. The van der Waals surface area contributed by atoms with Crippen molar-refractivity contribution in [3.63, 3.8) is 0 Å². The fourth-order valence-electron chi connectivity index (χ4n) is 1.24. The van der Waals surface area contributed by atoms with Crippen molar-refractivity contribution in [2.75, 3.05) is 13.2 Å². The lowest BCUT2D eigenvalue weighted by Crippen LogP contribution is -2.27. The number of halogens is 2. The fraction of sp³-hybridized carbons (Fsp3) is 0.375.